The van der Waals surface area contributed by atoms with Crippen LogP contribution in [-0.2, 0) is 14.4 Å². The van der Waals surface area contributed by atoms with Crippen LogP contribution in [0.3, 0.4) is 0 Å². The number of hydrogen-bond acceptors (Lipinski definition) is 6. The lowest BCUT2D eigenvalue weighted by molar-refractivity contribution is -0.143. The first-order valence-corrected chi connectivity index (χ1v) is 9.59. The Balaban J connectivity index is 1.98. The summed E-state index contributed by atoms with van der Waals surface area (Å²) >= 11 is 0. The average molecular weight is 418 g/mol. The Kier molecular flexibility index (Phi) is 7.57. The fourth-order valence-electron chi connectivity index (χ4n) is 2.97. The summed E-state index contributed by atoms with van der Waals surface area (Å²) in [6.45, 7) is 6.36. The van der Waals surface area contributed by atoms with Crippen molar-refractivity contribution in [3.8, 4) is 5.75 Å². The quantitative estimate of drug-likeness (QED) is 0.526. The van der Waals surface area contributed by atoms with Crippen molar-refractivity contribution in [2.75, 3.05) is 13.2 Å². The van der Waals surface area contributed by atoms with Crippen molar-refractivity contribution in [3.05, 3.63) is 39.7 Å². The first-order valence-electron chi connectivity index (χ1n) is 9.59. The molecule has 2 rings (SSSR count). The summed E-state index contributed by atoms with van der Waals surface area (Å²) in [6.07, 6.45) is 0.585. The zero-order valence-corrected chi connectivity index (χ0v) is 17.4. The number of aryl methyl sites for hydroxylation is 2. The van der Waals surface area contributed by atoms with Crippen molar-refractivity contribution in [1.29, 1.82) is 0 Å². The van der Waals surface area contributed by atoms with Gasteiger partial charge in [0, 0.05) is 6.07 Å². The number of amides is 2. The predicted molar refractivity (Wildman–Crippen MR) is 109 cm³/mol. The van der Waals surface area contributed by atoms with Crippen LogP contribution in [-0.4, -0.2) is 42.1 Å². The van der Waals surface area contributed by atoms with Gasteiger partial charge in [-0.05, 0) is 43.0 Å². The van der Waals surface area contributed by atoms with Crippen LogP contribution in [0.2, 0.25) is 0 Å². The fraction of sp³-hybridized carbons (Fsp3) is 0.429. The summed E-state index contributed by atoms with van der Waals surface area (Å²) in [5.74, 6) is -2.14. The van der Waals surface area contributed by atoms with Gasteiger partial charge in [-0.25, -0.2) is 9.59 Å². The van der Waals surface area contributed by atoms with Crippen LogP contribution in [0.4, 0.5) is 0 Å². The molecule has 0 fully saturated rings. The average Bonchev–Trinajstić information content (AvgIpc) is 2.66. The summed E-state index contributed by atoms with van der Waals surface area (Å²) in [4.78, 5) is 46.9. The van der Waals surface area contributed by atoms with Gasteiger partial charge in [0.25, 0.3) is 5.91 Å². The van der Waals surface area contributed by atoms with Gasteiger partial charge in [0.1, 0.15) is 17.4 Å². The standard InChI is InChI=1S/C21H26N2O7/c1-5-12(3)20(21(27)28)23-16(24)9-22-17(25)10-29-14-6-11(2)7-15-19(14)13(4)8-18(26)30-15/h6-8,12,20H,5,9-10H2,1-4H3,(H,22,25)(H,23,24)(H,27,28)/t12-,20-/m1/s1. The van der Waals surface area contributed by atoms with Crippen LogP contribution < -0.4 is 21.0 Å². The molecule has 0 aliphatic rings. The first-order chi connectivity index (χ1) is 14.1. The van der Waals surface area contributed by atoms with E-state index in [9.17, 15) is 24.3 Å². The van der Waals surface area contributed by atoms with E-state index in [1.165, 1.54) is 6.07 Å². The van der Waals surface area contributed by atoms with Crippen molar-refractivity contribution < 1.29 is 28.6 Å². The van der Waals surface area contributed by atoms with Gasteiger partial charge in [0.2, 0.25) is 5.91 Å². The third kappa shape index (κ3) is 5.82. The number of carboxylic acid groups (broad SMARTS) is 1. The van der Waals surface area contributed by atoms with Gasteiger partial charge in [-0.2, -0.15) is 0 Å². The van der Waals surface area contributed by atoms with Crippen LogP contribution in [0.25, 0.3) is 11.0 Å². The van der Waals surface area contributed by atoms with E-state index in [4.69, 9.17) is 9.15 Å². The highest BCUT2D eigenvalue weighted by atomic mass is 16.5. The summed E-state index contributed by atoms with van der Waals surface area (Å²) in [6, 6.07) is 3.74. The van der Waals surface area contributed by atoms with E-state index >= 15 is 0 Å². The number of fused-ring (bicyclic) bond motifs is 1. The second-order valence-corrected chi connectivity index (χ2v) is 7.22. The van der Waals surface area contributed by atoms with E-state index < -0.39 is 29.5 Å². The minimum atomic E-state index is -1.12. The molecular formula is C21H26N2O7. The number of carboxylic acids is 1. The van der Waals surface area contributed by atoms with E-state index in [-0.39, 0.29) is 19.1 Å². The lowest BCUT2D eigenvalue weighted by Crippen LogP contribution is -2.48. The molecule has 1 heterocycles. The number of rotatable bonds is 9. The molecule has 0 aliphatic heterocycles. The molecule has 30 heavy (non-hydrogen) atoms. The number of aliphatic carboxylic acids is 1. The number of carbonyl (C=O) groups excluding carboxylic acids is 2. The second kappa shape index (κ2) is 9.91. The minimum absolute atomic E-state index is 0.247. The monoisotopic (exact) mass is 418 g/mol. The van der Waals surface area contributed by atoms with Crippen molar-refractivity contribution in [3.63, 3.8) is 0 Å². The van der Waals surface area contributed by atoms with Gasteiger partial charge < -0.3 is 24.9 Å². The van der Waals surface area contributed by atoms with E-state index in [1.54, 1.807) is 32.9 Å². The van der Waals surface area contributed by atoms with Gasteiger partial charge >= 0.3 is 11.6 Å². The van der Waals surface area contributed by atoms with Crippen molar-refractivity contribution in [2.24, 2.45) is 5.92 Å². The van der Waals surface area contributed by atoms with Crippen molar-refractivity contribution in [2.45, 2.75) is 40.2 Å². The van der Waals surface area contributed by atoms with Crippen LogP contribution >= 0.6 is 0 Å². The molecule has 0 spiro atoms. The summed E-state index contributed by atoms with van der Waals surface area (Å²) in [5, 5.41) is 14.6. The molecule has 3 N–H and O–H groups in total. The molecule has 0 radical (unpaired) electrons. The van der Waals surface area contributed by atoms with Gasteiger partial charge in [0.05, 0.1) is 11.9 Å². The Morgan fingerprint density at radius 3 is 2.50 bits per heavy atom. The lowest BCUT2D eigenvalue weighted by atomic mass is 9.99. The molecule has 2 amide bonds. The van der Waals surface area contributed by atoms with E-state index in [2.05, 4.69) is 10.6 Å². The number of hydrogen-bond donors (Lipinski definition) is 3. The Hall–Kier alpha value is -3.36. The summed E-state index contributed by atoms with van der Waals surface area (Å²) in [7, 11) is 0. The molecule has 2 atom stereocenters. The van der Waals surface area contributed by atoms with Crippen molar-refractivity contribution in [1.82, 2.24) is 10.6 Å². The van der Waals surface area contributed by atoms with Crippen LogP contribution in [0.5, 0.6) is 5.75 Å². The maximum absolute atomic E-state index is 12.1. The second-order valence-electron chi connectivity index (χ2n) is 7.22. The smallest absolute Gasteiger partial charge is 0.336 e. The van der Waals surface area contributed by atoms with Gasteiger partial charge in [0.15, 0.2) is 6.61 Å². The predicted octanol–water partition coefficient (Wildman–Crippen LogP) is 1.52. The summed E-state index contributed by atoms with van der Waals surface area (Å²) in [5.41, 5.74) is 1.33. The molecule has 0 aliphatic carbocycles. The first kappa shape index (κ1) is 22.9. The maximum atomic E-state index is 12.1. The van der Waals surface area contributed by atoms with Gasteiger partial charge in [-0.15, -0.1) is 0 Å². The number of carbonyl (C=O) groups is 3. The Labute approximate surface area is 173 Å². The number of nitrogens with one attached hydrogen (secondary N) is 2. The molecule has 1 aromatic heterocycles. The molecular weight excluding hydrogens is 392 g/mol. The van der Waals surface area contributed by atoms with E-state index in [1.807, 2.05) is 6.92 Å². The number of benzene rings is 1. The van der Waals surface area contributed by atoms with Crippen LogP contribution in [0, 0.1) is 19.8 Å². The Morgan fingerprint density at radius 1 is 1.17 bits per heavy atom. The minimum Gasteiger partial charge on any atom is -0.483 e. The molecule has 162 valence electrons. The Bertz CT molecular complexity index is 1010. The van der Waals surface area contributed by atoms with E-state index in [0.717, 1.165) is 5.56 Å². The molecule has 9 heteroatoms. The zero-order valence-electron chi connectivity index (χ0n) is 17.4. The largest absolute Gasteiger partial charge is 0.483 e. The third-order valence-electron chi connectivity index (χ3n) is 4.75. The normalized spacial score (nSPS) is 12.8. The molecule has 1 aromatic carbocycles. The molecule has 2 aromatic rings. The Morgan fingerprint density at radius 2 is 1.87 bits per heavy atom. The molecule has 0 bridgehead atoms. The van der Waals surface area contributed by atoms with Gasteiger partial charge in [-0.3, -0.25) is 9.59 Å². The lowest BCUT2D eigenvalue weighted by Gasteiger charge is -2.20. The molecule has 0 saturated heterocycles. The summed E-state index contributed by atoms with van der Waals surface area (Å²) < 4.78 is 10.8. The van der Waals surface area contributed by atoms with Crippen LogP contribution in [0.1, 0.15) is 31.4 Å². The maximum Gasteiger partial charge on any atom is 0.336 e. The highest BCUT2D eigenvalue weighted by Gasteiger charge is 2.25. The topological polar surface area (TPSA) is 135 Å². The zero-order chi connectivity index (χ0) is 22.4. The fourth-order valence-corrected chi connectivity index (χ4v) is 2.97. The number of ether oxygens (including phenoxy) is 1. The van der Waals surface area contributed by atoms with E-state index in [0.29, 0.717) is 28.7 Å². The SMILES string of the molecule is CC[C@@H](C)[C@@H](NC(=O)CNC(=O)COc1cc(C)cc2oc(=O)cc(C)c12)C(=O)O. The molecule has 0 saturated carbocycles. The highest BCUT2D eigenvalue weighted by Crippen LogP contribution is 2.29. The highest BCUT2D eigenvalue weighted by molar-refractivity contribution is 5.89. The van der Waals surface area contributed by atoms with Crippen LogP contribution in [0.15, 0.2) is 27.4 Å². The molecule has 9 nitrogen and oxygen atoms in total. The molecule has 0 unspecified atom stereocenters. The third-order valence-corrected chi connectivity index (χ3v) is 4.75. The van der Waals surface area contributed by atoms with Gasteiger partial charge in [-0.1, -0.05) is 20.3 Å². The van der Waals surface area contributed by atoms with Crippen molar-refractivity contribution >= 4 is 28.8 Å².